The van der Waals surface area contributed by atoms with Gasteiger partial charge in [0.2, 0.25) is 0 Å². The van der Waals surface area contributed by atoms with E-state index in [-0.39, 0.29) is 0 Å². The van der Waals surface area contributed by atoms with Crippen LogP contribution in [0.4, 0.5) is 0 Å². The van der Waals surface area contributed by atoms with Crippen LogP contribution in [0.1, 0.15) is 105 Å². The van der Waals surface area contributed by atoms with Crippen LogP contribution >= 0.6 is 0 Å². The summed E-state index contributed by atoms with van der Waals surface area (Å²) in [7, 11) is 2.18. The van der Waals surface area contributed by atoms with Gasteiger partial charge in [0.25, 0.3) is 0 Å². The van der Waals surface area contributed by atoms with Gasteiger partial charge in [0.1, 0.15) is 0 Å². The summed E-state index contributed by atoms with van der Waals surface area (Å²) in [6, 6.07) is 2.28. The van der Waals surface area contributed by atoms with Crippen molar-refractivity contribution in [2.24, 2.45) is 5.92 Å². The van der Waals surface area contributed by atoms with Crippen molar-refractivity contribution in [3.8, 4) is 0 Å². The molecule has 1 aliphatic rings. The van der Waals surface area contributed by atoms with Gasteiger partial charge in [-0.1, -0.05) is 85.5 Å². The molecule has 1 unspecified atom stereocenters. The Morgan fingerprint density at radius 1 is 0.833 bits per heavy atom. The molecule has 2 nitrogen and oxygen atoms in total. The van der Waals surface area contributed by atoms with Gasteiger partial charge < -0.3 is 5.32 Å². The number of rotatable bonds is 14. The second-order valence-corrected chi connectivity index (χ2v) is 8.01. The van der Waals surface area contributed by atoms with Crippen LogP contribution in [0, 0.1) is 5.92 Å². The van der Waals surface area contributed by atoms with Crippen molar-refractivity contribution in [2.45, 2.75) is 123 Å². The minimum Gasteiger partial charge on any atom is -0.315 e. The first-order chi connectivity index (χ1) is 11.7. The Balaban J connectivity index is 2.64. The van der Waals surface area contributed by atoms with Gasteiger partial charge in [-0.3, -0.25) is 4.90 Å². The molecule has 0 bridgehead atoms. The summed E-state index contributed by atoms with van der Waals surface area (Å²) in [6.45, 7) is 10.7. The van der Waals surface area contributed by atoms with Crippen LogP contribution < -0.4 is 5.32 Å². The van der Waals surface area contributed by atoms with Gasteiger partial charge in [0.15, 0.2) is 0 Å². The monoisotopic (exact) mass is 338 g/mol. The van der Waals surface area contributed by atoms with E-state index in [1.54, 1.807) is 0 Å². The van der Waals surface area contributed by atoms with E-state index in [1.165, 1.54) is 83.6 Å². The predicted molar refractivity (Wildman–Crippen MR) is 109 cm³/mol. The average Bonchev–Trinajstić information content (AvgIpc) is 2.97. The van der Waals surface area contributed by atoms with E-state index >= 15 is 0 Å². The maximum absolute atomic E-state index is 3.66. The highest BCUT2D eigenvalue weighted by atomic mass is 15.3. The SMILES string of the molecule is CCCCCCCC(CCCCC)N1C[C@@H](CC)[C@@H](NC)[C@H]1CC. The van der Waals surface area contributed by atoms with Crippen molar-refractivity contribution in [3.05, 3.63) is 0 Å². The van der Waals surface area contributed by atoms with Gasteiger partial charge in [-0.25, -0.2) is 0 Å². The molecule has 1 heterocycles. The second kappa shape index (κ2) is 13.2. The maximum Gasteiger partial charge on any atom is 0.0260 e. The molecule has 0 saturated carbocycles. The van der Waals surface area contributed by atoms with Crippen molar-refractivity contribution >= 4 is 0 Å². The topological polar surface area (TPSA) is 15.3 Å². The molecule has 0 aliphatic carbocycles. The van der Waals surface area contributed by atoms with Crippen molar-refractivity contribution in [1.29, 1.82) is 0 Å². The zero-order valence-electron chi connectivity index (χ0n) is 17.4. The molecule has 0 amide bonds. The normalized spacial score (nSPS) is 26.1. The molecule has 1 fully saturated rings. The third-order valence-corrected chi connectivity index (χ3v) is 6.32. The third kappa shape index (κ3) is 6.67. The average molecular weight is 339 g/mol. The molecule has 0 radical (unpaired) electrons. The molecular weight excluding hydrogens is 292 g/mol. The Bertz CT molecular complexity index is 292. The molecule has 24 heavy (non-hydrogen) atoms. The van der Waals surface area contributed by atoms with E-state index in [1.807, 2.05) is 0 Å². The molecule has 0 spiro atoms. The summed E-state index contributed by atoms with van der Waals surface area (Å²) in [4.78, 5) is 2.92. The first kappa shape index (κ1) is 22.0. The third-order valence-electron chi connectivity index (χ3n) is 6.32. The fourth-order valence-corrected chi connectivity index (χ4v) is 4.85. The fourth-order valence-electron chi connectivity index (χ4n) is 4.85. The molecule has 0 aromatic carbocycles. The van der Waals surface area contributed by atoms with Crippen molar-refractivity contribution in [1.82, 2.24) is 10.2 Å². The van der Waals surface area contributed by atoms with Crippen LogP contribution in [0.2, 0.25) is 0 Å². The summed E-state index contributed by atoms with van der Waals surface area (Å²) < 4.78 is 0. The summed E-state index contributed by atoms with van der Waals surface area (Å²) in [6.07, 6.45) is 16.7. The van der Waals surface area contributed by atoms with Gasteiger partial charge in [0, 0.05) is 24.7 Å². The van der Waals surface area contributed by atoms with Gasteiger partial charge in [-0.15, -0.1) is 0 Å². The zero-order chi connectivity index (χ0) is 17.8. The van der Waals surface area contributed by atoms with E-state index in [2.05, 4.69) is 45.0 Å². The van der Waals surface area contributed by atoms with E-state index < -0.39 is 0 Å². The lowest BCUT2D eigenvalue weighted by molar-refractivity contribution is 0.142. The number of nitrogens with one attached hydrogen (secondary N) is 1. The summed E-state index contributed by atoms with van der Waals surface area (Å²) in [5.74, 6) is 0.841. The van der Waals surface area contributed by atoms with E-state index in [0.717, 1.165) is 18.0 Å². The minimum absolute atomic E-state index is 0.703. The lowest BCUT2D eigenvalue weighted by atomic mass is 9.94. The molecule has 1 aliphatic heterocycles. The lowest BCUT2D eigenvalue weighted by Gasteiger charge is -2.35. The minimum atomic E-state index is 0.703. The Morgan fingerprint density at radius 3 is 1.96 bits per heavy atom. The highest BCUT2D eigenvalue weighted by Crippen LogP contribution is 2.33. The van der Waals surface area contributed by atoms with Gasteiger partial charge in [-0.2, -0.15) is 0 Å². The van der Waals surface area contributed by atoms with E-state index in [0.29, 0.717) is 6.04 Å². The van der Waals surface area contributed by atoms with Crippen LogP contribution in [-0.4, -0.2) is 36.6 Å². The molecule has 1 rings (SSSR count). The first-order valence-corrected chi connectivity index (χ1v) is 11.2. The summed E-state index contributed by atoms with van der Waals surface area (Å²) in [5.41, 5.74) is 0. The molecule has 4 atom stereocenters. The first-order valence-electron chi connectivity index (χ1n) is 11.2. The molecule has 0 aromatic rings. The molecule has 144 valence electrons. The molecule has 1 N–H and O–H groups in total. The summed E-state index contributed by atoms with van der Waals surface area (Å²) >= 11 is 0. The number of likely N-dealkylation sites (N-methyl/N-ethyl adjacent to an activating group) is 1. The molecular formula is C22H46N2. The van der Waals surface area contributed by atoms with Crippen molar-refractivity contribution in [3.63, 3.8) is 0 Å². The highest BCUT2D eigenvalue weighted by Gasteiger charge is 2.41. The van der Waals surface area contributed by atoms with Gasteiger partial charge >= 0.3 is 0 Å². The Labute approximate surface area is 153 Å². The number of hydrogen-bond acceptors (Lipinski definition) is 2. The summed E-state index contributed by atoms with van der Waals surface area (Å²) in [5, 5.41) is 3.66. The van der Waals surface area contributed by atoms with Gasteiger partial charge in [0.05, 0.1) is 0 Å². The van der Waals surface area contributed by atoms with Crippen molar-refractivity contribution in [2.75, 3.05) is 13.6 Å². The largest absolute Gasteiger partial charge is 0.315 e. The number of nitrogens with zero attached hydrogens (tertiary/aromatic N) is 1. The van der Waals surface area contributed by atoms with Gasteiger partial charge in [-0.05, 0) is 32.2 Å². The fraction of sp³-hybridized carbons (Fsp3) is 1.00. The molecule has 2 heteroatoms. The van der Waals surface area contributed by atoms with Crippen LogP contribution in [-0.2, 0) is 0 Å². The molecule has 1 saturated heterocycles. The number of likely N-dealkylation sites (tertiary alicyclic amines) is 1. The molecule has 0 aromatic heterocycles. The standard InChI is InChI=1S/C22H46N2/c1-6-10-12-13-15-17-20(16-14-11-7-2)24-18-19(8-3)22(23-5)21(24)9-4/h19-23H,6-18H2,1-5H3/t19-,20?,21-,22-/m1/s1. The quantitative estimate of drug-likeness (QED) is 0.390. The maximum atomic E-state index is 3.66. The lowest BCUT2D eigenvalue weighted by Crippen LogP contribution is -2.46. The second-order valence-electron chi connectivity index (χ2n) is 8.01. The van der Waals surface area contributed by atoms with Crippen LogP contribution in [0.5, 0.6) is 0 Å². The Kier molecular flexibility index (Phi) is 12.0. The van der Waals surface area contributed by atoms with Crippen LogP contribution in [0.15, 0.2) is 0 Å². The van der Waals surface area contributed by atoms with Crippen molar-refractivity contribution < 1.29 is 0 Å². The van der Waals surface area contributed by atoms with E-state index in [4.69, 9.17) is 0 Å². The predicted octanol–water partition coefficient (Wildman–Crippen LogP) is 6.00. The Morgan fingerprint density at radius 2 is 1.42 bits per heavy atom. The Hall–Kier alpha value is -0.0800. The number of hydrogen-bond donors (Lipinski definition) is 1. The number of unbranched alkanes of at least 4 members (excludes halogenated alkanes) is 6. The van der Waals surface area contributed by atoms with E-state index in [9.17, 15) is 0 Å². The zero-order valence-corrected chi connectivity index (χ0v) is 17.4. The van der Waals surface area contributed by atoms with Crippen LogP contribution in [0.25, 0.3) is 0 Å². The smallest absolute Gasteiger partial charge is 0.0260 e. The van der Waals surface area contributed by atoms with Crippen LogP contribution in [0.3, 0.4) is 0 Å². The highest BCUT2D eigenvalue weighted by molar-refractivity contribution is 4.98.